The van der Waals surface area contributed by atoms with E-state index in [0.717, 1.165) is 12.3 Å². The van der Waals surface area contributed by atoms with Crippen LogP contribution in [0.4, 0.5) is 5.82 Å². The highest BCUT2D eigenvalue weighted by molar-refractivity contribution is 5.63. The molecule has 0 atom stereocenters. The van der Waals surface area contributed by atoms with Gasteiger partial charge in [0.15, 0.2) is 11.6 Å². The fourth-order valence-electron chi connectivity index (χ4n) is 2.70. The SMILES string of the molecule is C(#Cc1nc2c(o1)CN(Cc1ccccc1)C=N2)Cc1ccccc1. The summed E-state index contributed by atoms with van der Waals surface area (Å²) in [5.41, 5.74) is 2.41. The van der Waals surface area contributed by atoms with Crippen LogP contribution in [0.3, 0.4) is 0 Å². The van der Waals surface area contributed by atoms with E-state index in [1.54, 1.807) is 0 Å². The first kappa shape index (κ1) is 15.2. The van der Waals surface area contributed by atoms with Crippen molar-refractivity contribution in [3.63, 3.8) is 0 Å². The van der Waals surface area contributed by atoms with Crippen LogP contribution >= 0.6 is 0 Å². The van der Waals surface area contributed by atoms with Gasteiger partial charge in [-0.05, 0) is 17.0 Å². The van der Waals surface area contributed by atoms with Gasteiger partial charge in [0, 0.05) is 13.0 Å². The Morgan fingerprint density at radius 3 is 2.44 bits per heavy atom. The number of aliphatic imine (C=N–C) groups is 1. The van der Waals surface area contributed by atoms with E-state index in [0.29, 0.717) is 24.7 Å². The van der Waals surface area contributed by atoms with E-state index in [-0.39, 0.29) is 0 Å². The number of aromatic nitrogens is 1. The maximum atomic E-state index is 5.77. The average Bonchev–Trinajstić information content (AvgIpc) is 3.05. The molecule has 0 fully saturated rings. The molecular formula is C21H17N3O. The lowest BCUT2D eigenvalue weighted by Crippen LogP contribution is -2.22. The average molecular weight is 327 g/mol. The van der Waals surface area contributed by atoms with Gasteiger partial charge in [-0.3, -0.25) is 0 Å². The van der Waals surface area contributed by atoms with E-state index in [4.69, 9.17) is 4.42 Å². The van der Waals surface area contributed by atoms with Gasteiger partial charge in [0.05, 0.1) is 12.9 Å². The second-order valence-corrected chi connectivity index (χ2v) is 5.87. The zero-order valence-corrected chi connectivity index (χ0v) is 13.7. The molecule has 25 heavy (non-hydrogen) atoms. The molecule has 1 aromatic heterocycles. The molecule has 0 radical (unpaired) electrons. The number of hydrogen-bond donors (Lipinski definition) is 0. The predicted molar refractivity (Wildman–Crippen MR) is 97.4 cm³/mol. The molecule has 3 aromatic rings. The predicted octanol–water partition coefficient (Wildman–Crippen LogP) is 3.94. The van der Waals surface area contributed by atoms with Crippen molar-refractivity contribution < 1.29 is 4.42 Å². The molecule has 4 heteroatoms. The third-order valence-electron chi connectivity index (χ3n) is 3.93. The Morgan fingerprint density at radius 2 is 1.68 bits per heavy atom. The molecule has 0 unspecified atom stereocenters. The quantitative estimate of drug-likeness (QED) is 0.684. The lowest BCUT2D eigenvalue weighted by molar-refractivity contribution is 0.357. The minimum atomic E-state index is 0.430. The maximum Gasteiger partial charge on any atom is 0.275 e. The first-order chi connectivity index (χ1) is 12.4. The molecule has 1 aliphatic rings. The molecule has 0 amide bonds. The summed E-state index contributed by atoms with van der Waals surface area (Å²) in [5.74, 6) is 7.93. The van der Waals surface area contributed by atoms with Crippen LogP contribution in [-0.4, -0.2) is 16.2 Å². The van der Waals surface area contributed by atoms with Crippen molar-refractivity contribution in [3.8, 4) is 11.8 Å². The normalized spacial score (nSPS) is 12.4. The van der Waals surface area contributed by atoms with Gasteiger partial charge in [-0.25, -0.2) is 4.99 Å². The van der Waals surface area contributed by atoms with Crippen molar-refractivity contribution in [2.45, 2.75) is 19.5 Å². The van der Waals surface area contributed by atoms with Gasteiger partial charge in [-0.2, -0.15) is 4.98 Å². The number of hydrogen-bond acceptors (Lipinski definition) is 4. The van der Waals surface area contributed by atoms with Crippen LogP contribution in [-0.2, 0) is 19.5 Å². The Bertz CT molecular complexity index is 934. The molecule has 0 spiro atoms. The zero-order valence-electron chi connectivity index (χ0n) is 13.7. The van der Waals surface area contributed by atoms with Crippen molar-refractivity contribution in [3.05, 3.63) is 83.4 Å². The highest BCUT2D eigenvalue weighted by Gasteiger charge is 2.18. The van der Waals surface area contributed by atoms with Gasteiger partial charge >= 0.3 is 0 Å². The smallest absolute Gasteiger partial charge is 0.275 e. The fourth-order valence-corrected chi connectivity index (χ4v) is 2.70. The first-order valence-corrected chi connectivity index (χ1v) is 8.21. The van der Waals surface area contributed by atoms with E-state index in [2.05, 4.69) is 51.0 Å². The molecular weight excluding hydrogens is 310 g/mol. The van der Waals surface area contributed by atoms with Crippen LogP contribution in [0.1, 0.15) is 22.8 Å². The molecule has 4 nitrogen and oxygen atoms in total. The standard InChI is InChI=1S/C21H17N3O/c1-3-8-17(9-4-1)12-7-13-20-23-21-19(25-20)15-24(16-22-21)14-18-10-5-2-6-11-18/h1-6,8-11,16H,12,14-15H2. The van der Waals surface area contributed by atoms with E-state index in [1.807, 2.05) is 42.7 Å². The van der Waals surface area contributed by atoms with Crippen molar-refractivity contribution >= 4 is 12.2 Å². The topological polar surface area (TPSA) is 41.6 Å². The lowest BCUT2D eigenvalue weighted by Gasteiger charge is -2.20. The second kappa shape index (κ2) is 7.06. The number of benzene rings is 2. The van der Waals surface area contributed by atoms with E-state index in [1.165, 1.54) is 11.1 Å². The van der Waals surface area contributed by atoms with Crippen LogP contribution < -0.4 is 0 Å². The third-order valence-corrected chi connectivity index (χ3v) is 3.93. The van der Waals surface area contributed by atoms with Gasteiger partial charge in [0.2, 0.25) is 0 Å². The Labute approximate surface area is 146 Å². The molecule has 4 rings (SSSR count). The molecule has 0 N–H and O–H groups in total. The first-order valence-electron chi connectivity index (χ1n) is 8.21. The van der Waals surface area contributed by atoms with Crippen LogP contribution in [0.5, 0.6) is 0 Å². The summed E-state index contributed by atoms with van der Waals surface area (Å²) in [6.45, 7) is 1.45. The fraction of sp³-hybridized carbons (Fsp3) is 0.143. The number of oxazole rings is 1. The zero-order chi connectivity index (χ0) is 16.9. The Balaban J connectivity index is 1.42. The summed E-state index contributed by atoms with van der Waals surface area (Å²) in [5, 5.41) is 0. The summed E-state index contributed by atoms with van der Waals surface area (Å²) in [7, 11) is 0. The third kappa shape index (κ3) is 3.78. The molecule has 0 bridgehead atoms. The summed E-state index contributed by atoms with van der Waals surface area (Å²) in [6, 6.07) is 20.4. The minimum absolute atomic E-state index is 0.430. The van der Waals surface area contributed by atoms with Crippen molar-refractivity contribution in [1.82, 2.24) is 9.88 Å². The van der Waals surface area contributed by atoms with Gasteiger partial charge in [0.1, 0.15) is 0 Å². The molecule has 0 saturated heterocycles. The van der Waals surface area contributed by atoms with Crippen LogP contribution in [0.25, 0.3) is 0 Å². The van der Waals surface area contributed by atoms with E-state index in [9.17, 15) is 0 Å². The van der Waals surface area contributed by atoms with Crippen molar-refractivity contribution in [1.29, 1.82) is 0 Å². The highest BCUT2D eigenvalue weighted by atomic mass is 16.4. The largest absolute Gasteiger partial charge is 0.431 e. The van der Waals surface area contributed by atoms with Gasteiger partial charge in [0.25, 0.3) is 5.89 Å². The Hall–Kier alpha value is -3.32. The number of nitrogens with zero attached hydrogens (tertiary/aromatic N) is 3. The number of fused-ring (bicyclic) bond motifs is 1. The molecule has 0 aliphatic carbocycles. The van der Waals surface area contributed by atoms with Gasteiger partial charge < -0.3 is 9.32 Å². The Kier molecular flexibility index (Phi) is 4.30. The summed E-state index contributed by atoms with van der Waals surface area (Å²) < 4.78 is 5.77. The van der Waals surface area contributed by atoms with Crippen molar-refractivity contribution in [2.24, 2.45) is 4.99 Å². The molecule has 122 valence electrons. The maximum absolute atomic E-state index is 5.77. The highest BCUT2D eigenvalue weighted by Crippen LogP contribution is 2.25. The number of rotatable bonds is 3. The van der Waals surface area contributed by atoms with Gasteiger partial charge in [-0.1, -0.05) is 66.6 Å². The molecule has 2 heterocycles. The van der Waals surface area contributed by atoms with Crippen LogP contribution in [0, 0.1) is 11.8 Å². The second-order valence-electron chi connectivity index (χ2n) is 5.87. The lowest BCUT2D eigenvalue weighted by atomic mass is 10.2. The molecule has 2 aromatic carbocycles. The molecule has 1 aliphatic heterocycles. The van der Waals surface area contributed by atoms with Crippen LogP contribution in [0.2, 0.25) is 0 Å². The van der Waals surface area contributed by atoms with Crippen LogP contribution in [0.15, 0.2) is 70.1 Å². The molecule has 0 saturated carbocycles. The van der Waals surface area contributed by atoms with Crippen molar-refractivity contribution in [2.75, 3.05) is 0 Å². The summed E-state index contributed by atoms with van der Waals surface area (Å²) >= 11 is 0. The summed E-state index contributed by atoms with van der Waals surface area (Å²) in [6.07, 6.45) is 2.50. The summed E-state index contributed by atoms with van der Waals surface area (Å²) in [4.78, 5) is 10.8. The van der Waals surface area contributed by atoms with E-state index >= 15 is 0 Å². The monoisotopic (exact) mass is 327 g/mol. The Morgan fingerprint density at radius 1 is 0.960 bits per heavy atom. The minimum Gasteiger partial charge on any atom is -0.431 e. The van der Waals surface area contributed by atoms with Gasteiger partial charge in [-0.15, -0.1) is 0 Å². The van der Waals surface area contributed by atoms with E-state index < -0.39 is 0 Å².